The largest absolute Gasteiger partial charge is 0.433 e. The SMILES string of the molecule is CC(=O)n1cc(F)c(=O)n(C2OC(=O)c3ccccc32)c1=O. The molecule has 1 aromatic carbocycles. The summed E-state index contributed by atoms with van der Waals surface area (Å²) in [5.74, 6) is -2.80. The van der Waals surface area contributed by atoms with Crippen molar-refractivity contribution >= 4 is 11.9 Å². The van der Waals surface area contributed by atoms with Gasteiger partial charge in [-0.05, 0) is 6.07 Å². The molecule has 0 spiro atoms. The first-order valence-electron chi connectivity index (χ1n) is 6.26. The van der Waals surface area contributed by atoms with Crippen LogP contribution in [0.2, 0.25) is 0 Å². The molecule has 1 unspecified atom stereocenters. The van der Waals surface area contributed by atoms with Crippen LogP contribution in [0.25, 0.3) is 0 Å². The van der Waals surface area contributed by atoms with Crippen LogP contribution in [0.15, 0.2) is 40.1 Å². The second-order valence-electron chi connectivity index (χ2n) is 4.67. The van der Waals surface area contributed by atoms with Gasteiger partial charge in [0.05, 0.1) is 11.8 Å². The molecular formula is C14H9FN2O5. The summed E-state index contributed by atoms with van der Waals surface area (Å²) in [6, 6.07) is 6.12. The van der Waals surface area contributed by atoms with E-state index >= 15 is 0 Å². The predicted molar refractivity (Wildman–Crippen MR) is 71.2 cm³/mol. The van der Waals surface area contributed by atoms with Crippen molar-refractivity contribution in [2.24, 2.45) is 0 Å². The molecule has 1 atom stereocenters. The minimum atomic E-state index is -1.40. The third-order valence-corrected chi connectivity index (χ3v) is 3.32. The standard InChI is InChI=1S/C14H9FN2O5/c1-7(18)16-6-10(15)11(19)17(14(16)21)12-8-4-2-3-5-9(8)13(20)22-12/h2-6,12H,1H3. The van der Waals surface area contributed by atoms with Crippen molar-refractivity contribution in [2.75, 3.05) is 0 Å². The summed E-state index contributed by atoms with van der Waals surface area (Å²) in [5.41, 5.74) is -1.91. The molecule has 2 aromatic rings. The fraction of sp³-hybridized carbons (Fsp3) is 0.143. The van der Waals surface area contributed by atoms with Crippen LogP contribution in [0.5, 0.6) is 0 Å². The number of hydrogen-bond donors (Lipinski definition) is 0. The first-order chi connectivity index (χ1) is 10.4. The number of carbonyl (C=O) groups excluding carboxylic acids is 2. The fourth-order valence-corrected chi connectivity index (χ4v) is 2.29. The normalized spacial score (nSPS) is 16.3. The molecule has 0 aliphatic carbocycles. The highest BCUT2D eigenvalue weighted by Gasteiger charge is 2.35. The number of hydrogen-bond acceptors (Lipinski definition) is 5. The highest BCUT2D eigenvalue weighted by atomic mass is 19.1. The van der Waals surface area contributed by atoms with Crippen LogP contribution >= 0.6 is 0 Å². The molecule has 8 heteroatoms. The zero-order valence-electron chi connectivity index (χ0n) is 11.3. The van der Waals surface area contributed by atoms with Gasteiger partial charge >= 0.3 is 11.7 Å². The molecule has 0 saturated heterocycles. The Morgan fingerprint density at radius 1 is 1.23 bits per heavy atom. The van der Waals surface area contributed by atoms with Gasteiger partial charge in [-0.15, -0.1) is 0 Å². The summed E-state index contributed by atoms with van der Waals surface area (Å²) in [6.45, 7) is 1.05. The molecule has 0 fully saturated rings. The minimum absolute atomic E-state index is 0.178. The van der Waals surface area contributed by atoms with Crippen LogP contribution in [0.3, 0.4) is 0 Å². The number of benzene rings is 1. The fourth-order valence-electron chi connectivity index (χ4n) is 2.29. The summed E-state index contributed by atoms with van der Waals surface area (Å²) >= 11 is 0. The molecule has 0 saturated carbocycles. The number of aromatic nitrogens is 2. The van der Waals surface area contributed by atoms with Gasteiger partial charge in [-0.2, -0.15) is 4.39 Å². The Morgan fingerprint density at radius 3 is 2.59 bits per heavy atom. The van der Waals surface area contributed by atoms with E-state index in [9.17, 15) is 23.6 Å². The van der Waals surface area contributed by atoms with Crippen molar-refractivity contribution < 1.29 is 18.7 Å². The molecular weight excluding hydrogens is 295 g/mol. The first kappa shape index (κ1) is 13.9. The maximum atomic E-state index is 13.7. The van der Waals surface area contributed by atoms with Gasteiger partial charge in [0.1, 0.15) is 0 Å². The average Bonchev–Trinajstić information content (AvgIpc) is 2.81. The summed E-state index contributed by atoms with van der Waals surface area (Å²) in [4.78, 5) is 47.3. The second kappa shape index (κ2) is 4.76. The number of rotatable bonds is 1. The van der Waals surface area contributed by atoms with Crippen molar-refractivity contribution in [3.8, 4) is 0 Å². The van der Waals surface area contributed by atoms with Gasteiger partial charge in [0, 0.05) is 12.5 Å². The zero-order chi connectivity index (χ0) is 16.0. The zero-order valence-corrected chi connectivity index (χ0v) is 11.3. The van der Waals surface area contributed by atoms with E-state index in [4.69, 9.17) is 4.74 Å². The Kier molecular flexibility index (Phi) is 3.01. The van der Waals surface area contributed by atoms with Crippen LogP contribution in [0.4, 0.5) is 4.39 Å². The smallest absolute Gasteiger partial charge is 0.341 e. The summed E-state index contributed by atoms with van der Waals surface area (Å²) < 4.78 is 19.6. The molecule has 2 heterocycles. The van der Waals surface area contributed by atoms with E-state index in [1.54, 1.807) is 12.1 Å². The van der Waals surface area contributed by atoms with E-state index in [0.717, 1.165) is 6.92 Å². The number of fused-ring (bicyclic) bond motifs is 1. The van der Waals surface area contributed by atoms with Gasteiger partial charge in [-0.3, -0.25) is 9.59 Å². The molecule has 1 aliphatic rings. The number of cyclic esters (lactones) is 1. The third kappa shape index (κ3) is 1.88. The predicted octanol–water partition coefficient (Wildman–Crippen LogP) is 0.526. The molecule has 0 radical (unpaired) electrons. The Morgan fingerprint density at radius 2 is 1.91 bits per heavy atom. The molecule has 22 heavy (non-hydrogen) atoms. The van der Waals surface area contributed by atoms with Gasteiger partial charge in [0.2, 0.25) is 18.0 Å². The van der Waals surface area contributed by atoms with E-state index in [2.05, 4.69) is 0 Å². The van der Waals surface area contributed by atoms with Crippen molar-refractivity contribution in [1.29, 1.82) is 0 Å². The van der Waals surface area contributed by atoms with Gasteiger partial charge in [0.25, 0.3) is 5.56 Å². The number of nitrogens with zero attached hydrogens (tertiary/aromatic N) is 2. The van der Waals surface area contributed by atoms with Crippen molar-refractivity contribution in [3.05, 3.63) is 68.2 Å². The molecule has 3 rings (SSSR count). The number of ether oxygens (including phenoxy) is 1. The monoisotopic (exact) mass is 304 g/mol. The quantitative estimate of drug-likeness (QED) is 0.717. The maximum Gasteiger partial charge on any atom is 0.341 e. The molecule has 1 aliphatic heterocycles. The van der Waals surface area contributed by atoms with Gasteiger partial charge < -0.3 is 4.74 Å². The Hall–Kier alpha value is -3.03. The Bertz CT molecular complexity index is 928. The summed E-state index contributed by atoms with van der Waals surface area (Å²) in [5, 5.41) is 0. The lowest BCUT2D eigenvalue weighted by molar-refractivity contribution is 0.0295. The van der Waals surface area contributed by atoms with Gasteiger partial charge in [-0.25, -0.2) is 18.7 Å². The lowest BCUT2D eigenvalue weighted by Gasteiger charge is -2.14. The highest BCUT2D eigenvalue weighted by Crippen LogP contribution is 2.29. The number of esters is 1. The van der Waals surface area contributed by atoms with Crippen molar-refractivity contribution in [2.45, 2.75) is 13.2 Å². The van der Waals surface area contributed by atoms with Crippen molar-refractivity contribution in [1.82, 2.24) is 9.13 Å². The summed E-state index contributed by atoms with van der Waals surface area (Å²) in [6.07, 6.45) is -0.878. The molecule has 112 valence electrons. The first-order valence-corrected chi connectivity index (χ1v) is 6.26. The Labute approximate surface area is 122 Å². The molecule has 0 N–H and O–H groups in total. The Balaban J connectivity index is 2.31. The van der Waals surface area contributed by atoms with Crippen LogP contribution in [-0.4, -0.2) is 21.0 Å². The van der Waals surface area contributed by atoms with Crippen LogP contribution in [0, 0.1) is 5.82 Å². The van der Waals surface area contributed by atoms with Gasteiger partial charge in [0.15, 0.2) is 0 Å². The lowest BCUT2D eigenvalue weighted by atomic mass is 10.1. The van der Waals surface area contributed by atoms with E-state index in [1.165, 1.54) is 12.1 Å². The van der Waals surface area contributed by atoms with E-state index < -0.39 is 35.2 Å². The number of carbonyl (C=O) groups is 2. The van der Waals surface area contributed by atoms with E-state index in [1.807, 2.05) is 0 Å². The van der Waals surface area contributed by atoms with Crippen LogP contribution in [-0.2, 0) is 4.74 Å². The maximum absolute atomic E-state index is 13.7. The molecule has 0 bridgehead atoms. The third-order valence-electron chi connectivity index (χ3n) is 3.32. The lowest BCUT2D eigenvalue weighted by Crippen LogP contribution is -2.45. The van der Waals surface area contributed by atoms with Crippen LogP contribution in [0.1, 0.15) is 33.9 Å². The second-order valence-corrected chi connectivity index (χ2v) is 4.67. The number of halogens is 1. The van der Waals surface area contributed by atoms with Gasteiger partial charge in [-0.1, -0.05) is 18.2 Å². The summed E-state index contributed by atoms with van der Waals surface area (Å²) in [7, 11) is 0. The molecule has 1 aromatic heterocycles. The average molecular weight is 304 g/mol. The topological polar surface area (TPSA) is 87.4 Å². The van der Waals surface area contributed by atoms with E-state index in [-0.39, 0.29) is 11.1 Å². The van der Waals surface area contributed by atoms with E-state index in [0.29, 0.717) is 15.3 Å². The minimum Gasteiger partial charge on any atom is -0.433 e. The highest BCUT2D eigenvalue weighted by molar-refractivity contribution is 5.93. The molecule has 0 amide bonds. The van der Waals surface area contributed by atoms with Crippen LogP contribution < -0.4 is 11.2 Å². The van der Waals surface area contributed by atoms with Crippen molar-refractivity contribution in [3.63, 3.8) is 0 Å². The molecule has 7 nitrogen and oxygen atoms in total.